The number of nitrogens with two attached hydrogens (primary N) is 1. The van der Waals surface area contributed by atoms with E-state index in [-0.39, 0.29) is 27.5 Å². The Balaban J connectivity index is 1.20. The average Bonchev–Trinajstić information content (AvgIpc) is 3.36. The minimum atomic E-state index is 0.0882. The molecule has 4 heterocycles. The molecule has 1 fully saturated rings. The van der Waals surface area contributed by atoms with Crippen molar-refractivity contribution in [3.8, 4) is 11.6 Å². The number of hydrogen-bond donors (Lipinski definition) is 2. The highest BCUT2D eigenvalue weighted by Crippen LogP contribution is 2.50. The third-order valence-electron chi connectivity index (χ3n) is 6.92. The van der Waals surface area contributed by atoms with Gasteiger partial charge in [0.25, 0.3) is 5.88 Å². The molecule has 6 rings (SSSR count). The van der Waals surface area contributed by atoms with Gasteiger partial charge in [0.05, 0.1) is 6.20 Å². The minimum Gasteiger partial charge on any atom is -0.434 e. The molecular formula is C23H21Cl2N7O. The van der Waals surface area contributed by atoms with Crippen molar-refractivity contribution >= 4 is 40.2 Å². The van der Waals surface area contributed by atoms with Gasteiger partial charge in [-0.05, 0) is 35.8 Å². The van der Waals surface area contributed by atoms with Gasteiger partial charge < -0.3 is 15.4 Å². The van der Waals surface area contributed by atoms with Gasteiger partial charge in [-0.2, -0.15) is 0 Å². The van der Waals surface area contributed by atoms with Crippen LogP contribution in [-0.4, -0.2) is 38.2 Å². The van der Waals surface area contributed by atoms with Gasteiger partial charge in [-0.25, -0.2) is 15.0 Å². The molecule has 1 atom stereocenters. The van der Waals surface area contributed by atoms with Gasteiger partial charge in [0.2, 0.25) is 0 Å². The van der Waals surface area contributed by atoms with Gasteiger partial charge in [0, 0.05) is 31.4 Å². The Hall–Kier alpha value is -2.94. The lowest BCUT2D eigenvalue weighted by molar-refractivity contribution is 0.187. The molecule has 0 radical (unpaired) electrons. The number of aromatic nitrogens is 5. The standard InChI is InChI=1S/C23H21Cl2N7O/c24-17-15(5-8-27-20(17)25)33-22-18-21(30-31-22)29-16(12-28-18)32-9-6-23(7-10-32)11-13-3-1-2-4-14(13)19(23)26/h1-5,8,12,19H,6-7,9-11,26H2,(H,29,30,31)/t19-/m1/s1. The second-order valence-electron chi connectivity index (χ2n) is 8.67. The molecule has 3 aromatic heterocycles. The summed E-state index contributed by atoms with van der Waals surface area (Å²) in [6.45, 7) is 1.76. The highest BCUT2D eigenvalue weighted by molar-refractivity contribution is 6.42. The van der Waals surface area contributed by atoms with Crippen LogP contribution in [0.2, 0.25) is 10.2 Å². The van der Waals surface area contributed by atoms with Crippen LogP contribution >= 0.6 is 23.2 Å². The lowest BCUT2D eigenvalue weighted by Gasteiger charge is -2.42. The summed E-state index contributed by atoms with van der Waals surface area (Å²) in [6, 6.07) is 10.3. The number of pyridine rings is 1. The van der Waals surface area contributed by atoms with Crippen LogP contribution in [0.5, 0.6) is 11.6 Å². The molecule has 0 saturated carbocycles. The largest absolute Gasteiger partial charge is 0.434 e. The zero-order valence-corrected chi connectivity index (χ0v) is 19.1. The number of fused-ring (bicyclic) bond motifs is 2. The SMILES string of the molecule is N[C@@H]1c2ccccc2CC12CCN(c1cnc3c(Oc4ccnc(Cl)c4Cl)n[nH]c3n1)CC2. The third-order valence-corrected chi connectivity index (χ3v) is 7.67. The summed E-state index contributed by atoms with van der Waals surface area (Å²) in [5.74, 6) is 1.44. The number of ether oxygens (including phenoxy) is 1. The Bertz CT molecular complexity index is 1350. The Morgan fingerprint density at radius 2 is 1.94 bits per heavy atom. The summed E-state index contributed by atoms with van der Waals surface area (Å²) >= 11 is 12.1. The fourth-order valence-corrected chi connectivity index (χ4v) is 5.37. The van der Waals surface area contributed by atoms with Crippen LogP contribution in [0.15, 0.2) is 42.7 Å². The van der Waals surface area contributed by atoms with Crippen molar-refractivity contribution in [1.82, 2.24) is 25.1 Å². The van der Waals surface area contributed by atoms with Crippen LogP contribution in [0, 0.1) is 5.41 Å². The predicted molar refractivity (Wildman–Crippen MR) is 127 cm³/mol. The number of nitrogens with zero attached hydrogens (tertiary/aromatic N) is 5. The van der Waals surface area contributed by atoms with Crippen LogP contribution in [0.1, 0.15) is 30.0 Å². The molecule has 0 amide bonds. The first kappa shape index (κ1) is 20.7. The maximum Gasteiger partial charge on any atom is 0.266 e. The summed E-state index contributed by atoms with van der Waals surface area (Å²) in [6.07, 6.45) is 6.35. The lowest BCUT2D eigenvalue weighted by Crippen LogP contribution is -2.44. The van der Waals surface area contributed by atoms with E-state index >= 15 is 0 Å². The van der Waals surface area contributed by atoms with E-state index in [0.29, 0.717) is 16.9 Å². The molecule has 1 aliphatic heterocycles. The van der Waals surface area contributed by atoms with Crippen LogP contribution in [-0.2, 0) is 6.42 Å². The molecule has 10 heteroatoms. The van der Waals surface area contributed by atoms with E-state index in [1.165, 1.54) is 17.3 Å². The molecule has 4 aromatic rings. The second-order valence-corrected chi connectivity index (χ2v) is 9.41. The zero-order valence-electron chi connectivity index (χ0n) is 17.6. The van der Waals surface area contributed by atoms with Crippen molar-refractivity contribution in [2.75, 3.05) is 18.0 Å². The number of aromatic amines is 1. The fourth-order valence-electron chi connectivity index (χ4n) is 5.07. The first-order valence-electron chi connectivity index (χ1n) is 10.8. The molecule has 1 spiro atoms. The zero-order chi connectivity index (χ0) is 22.6. The molecule has 1 aliphatic carbocycles. The summed E-state index contributed by atoms with van der Waals surface area (Å²) in [5.41, 5.74) is 10.6. The van der Waals surface area contributed by atoms with Crippen LogP contribution in [0.3, 0.4) is 0 Å². The molecule has 8 nitrogen and oxygen atoms in total. The van der Waals surface area contributed by atoms with Crippen LogP contribution in [0.4, 0.5) is 5.82 Å². The topological polar surface area (TPSA) is 106 Å². The number of piperidine rings is 1. The summed E-state index contributed by atoms with van der Waals surface area (Å²) < 4.78 is 5.81. The van der Waals surface area contributed by atoms with Crippen molar-refractivity contribution in [3.05, 3.63) is 64.0 Å². The minimum absolute atomic E-state index is 0.0882. The molecule has 33 heavy (non-hydrogen) atoms. The quantitative estimate of drug-likeness (QED) is 0.408. The molecular weight excluding hydrogens is 461 g/mol. The Kier molecular flexibility index (Phi) is 4.90. The Labute approximate surface area is 200 Å². The number of anilines is 1. The van der Waals surface area contributed by atoms with E-state index in [1.807, 2.05) is 0 Å². The average molecular weight is 482 g/mol. The molecule has 2 aliphatic rings. The van der Waals surface area contributed by atoms with E-state index in [0.717, 1.165) is 38.2 Å². The number of rotatable bonds is 3. The molecule has 168 valence electrons. The fraction of sp³-hybridized carbons (Fsp3) is 0.304. The predicted octanol–water partition coefficient (Wildman–Crippen LogP) is 4.69. The number of nitrogens with one attached hydrogen (secondary N) is 1. The maximum atomic E-state index is 6.71. The maximum absolute atomic E-state index is 6.71. The van der Waals surface area contributed by atoms with Crippen molar-refractivity contribution in [1.29, 1.82) is 0 Å². The summed E-state index contributed by atoms with van der Waals surface area (Å²) in [4.78, 5) is 15.5. The van der Waals surface area contributed by atoms with Crippen LogP contribution < -0.4 is 15.4 Å². The summed E-state index contributed by atoms with van der Waals surface area (Å²) in [5, 5.41) is 7.49. The van der Waals surface area contributed by atoms with E-state index in [4.69, 9.17) is 38.7 Å². The van der Waals surface area contributed by atoms with E-state index < -0.39 is 0 Å². The molecule has 0 bridgehead atoms. The van der Waals surface area contributed by atoms with Crippen LogP contribution in [0.25, 0.3) is 11.2 Å². The number of H-pyrrole nitrogens is 1. The van der Waals surface area contributed by atoms with E-state index in [1.54, 1.807) is 12.3 Å². The van der Waals surface area contributed by atoms with E-state index in [9.17, 15) is 0 Å². The van der Waals surface area contributed by atoms with Crippen molar-refractivity contribution < 1.29 is 4.74 Å². The third kappa shape index (κ3) is 3.40. The van der Waals surface area contributed by atoms with E-state index in [2.05, 4.69) is 49.3 Å². The lowest BCUT2D eigenvalue weighted by atomic mass is 9.73. The van der Waals surface area contributed by atoms with Gasteiger partial charge in [-0.3, -0.25) is 5.10 Å². The first-order chi connectivity index (χ1) is 16.0. The Morgan fingerprint density at radius 1 is 1.12 bits per heavy atom. The molecule has 1 saturated heterocycles. The second kappa shape index (κ2) is 7.83. The van der Waals surface area contributed by atoms with Gasteiger partial charge in [0.1, 0.15) is 10.8 Å². The monoisotopic (exact) mass is 481 g/mol. The molecule has 1 aromatic carbocycles. The summed E-state index contributed by atoms with van der Waals surface area (Å²) in [7, 11) is 0. The smallest absolute Gasteiger partial charge is 0.266 e. The normalized spacial score (nSPS) is 19.2. The number of benzene rings is 1. The highest BCUT2D eigenvalue weighted by atomic mass is 35.5. The van der Waals surface area contributed by atoms with Crippen molar-refractivity contribution in [3.63, 3.8) is 0 Å². The highest BCUT2D eigenvalue weighted by Gasteiger charge is 2.45. The van der Waals surface area contributed by atoms with Crippen molar-refractivity contribution in [2.24, 2.45) is 11.1 Å². The molecule has 3 N–H and O–H groups in total. The number of hydrogen-bond acceptors (Lipinski definition) is 7. The first-order valence-corrected chi connectivity index (χ1v) is 11.6. The molecule has 0 unspecified atom stereocenters. The van der Waals surface area contributed by atoms with Gasteiger partial charge in [-0.1, -0.05) is 47.5 Å². The van der Waals surface area contributed by atoms with Gasteiger partial charge in [0.15, 0.2) is 22.1 Å². The Morgan fingerprint density at radius 3 is 2.76 bits per heavy atom. The van der Waals surface area contributed by atoms with Crippen molar-refractivity contribution in [2.45, 2.75) is 25.3 Å². The van der Waals surface area contributed by atoms with Gasteiger partial charge in [-0.15, -0.1) is 5.10 Å². The number of halogens is 2. The van der Waals surface area contributed by atoms with Gasteiger partial charge >= 0.3 is 0 Å².